The monoisotopic (exact) mass is 314 g/mol. The first-order valence-corrected chi connectivity index (χ1v) is 6.79. The van der Waals surface area contributed by atoms with E-state index in [-0.39, 0.29) is 17.1 Å². The van der Waals surface area contributed by atoms with E-state index in [1.54, 1.807) is 30.3 Å². The minimum Gasteiger partial charge on any atom is -0.494 e. The molecule has 118 valence electrons. The number of carbonyl (C=O) groups is 2. The van der Waals surface area contributed by atoms with Crippen molar-refractivity contribution in [2.45, 2.75) is 0 Å². The smallest absolute Gasteiger partial charge is 0.337 e. The highest BCUT2D eigenvalue weighted by atomic mass is 19.1. The van der Waals surface area contributed by atoms with Crippen LogP contribution in [-0.4, -0.2) is 26.0 Å². The van der Waals surface area contributed by atoms with Crippen LogP contribution in [0, 0.1) is 5.82 Å². The number of ether oxygens (including phenoxy) is 2. The zero-order valence-corrected chi connectivity index (χ0v) is 12.7. The standard InChI is InChI=1S/C18H15FO4/c1-22-17-10-8-14(11-15(17)19)16(20)9-5-12-3-6-13(7-4-12)18(21)23-2/h3-11H,1-2H3/b9-5+. The van der Waals surface area contributed by atoms with Gasteiger partial charge in [-0.25, -0.2) is 9.18 Å². The Bertz CT molecular complexity index is 748. The fraction of sp³-hybridized carbons (Fsp3) is 0.111. The molecule has 4 nitrogen and oxygen atoms in total. The largest absolute Gasteiger partial charge is 0.494 e. The van der Waals surface area contributed by atoms with Gasteiger partial charge in [-0.2, -0.15) is 0 Å². The van der Waals surface area contributed by atoms with Gasteiger partial charge < -0.3 is 9.47 Å². The van der Waals surface area contributed by atoms with E-state index < -0.39 is 11.8 Å². The summed E-state index contributed by atoms with van der Waals surface area (Å²) in [4.78, 5) is 23.3. The number of benzene rings is 2. The van der Waals surface area contributed by atoms with E-state index in [1.807, 2.05) is 0 Å². The summed E-state index contributed by atoms with van der Waals surface area (Å²) in [5.74, 6) is -1.26. The Morgan fingerprint density at radius 1 is 1.00 bits per heavy atom. The number of hydrogen-bond acceptors (Lipinski definition) is 4. The van der Waals surface area contributed by atoms with Gasteiger partial charge in [0.05, 0.1) is 19.8 Å². The van der Waals surface area contributed by atoms with Crippen LogP contribution in [0.2, 0.25) is 0 Å². The van der Waals surface area contributed by atoms with Gasteiger partial charge in [-0.3, -0.25) is 4.79 Å². The minimum atomic E-state index is -0.589. The lowest BCUT2D eigenvalue weighted by atomic mass is 10.1. The Morgan fingerprint density at radius 3 is 2.22 bits per heavy atom. The molecule has 0 heterocycles. The predicted octanol–water partition coefficient (Wildman–Crippen LogP) is 3.52. The number of halogens is 1. The Labute approximate surface area is 133 Å². The normalized spacial score (nSPS) is 10.6. The minimum absolute atomic E-state index is 0.0870. The maximum Gasteiger partial charge on any atom is 0.337 e. The quantitative estimate of drug-likeness (QED) is 0.481. The van der Waals surface area contributed by atoms with Crippen molar-refractivity contribution in [3.05, 3.63) is 71.0 Å². The zero-order chi connectivity index (χ0) is 16.8. The molecule has 0 aliphatic carbocycles. The number of hydrogen-bond donors (Lipinski definition) is 0. The van der Waals surface area contributed by atoms with Crippen LogP contribution in [0.5, 0.6) is 5.75 Å². The SMILES string of the molecule is COC(=O)c1ccc(/C=C/C(=O)c2ccc(OC)c(F)c2)cc1. The molecule has 23 heavy (non-hydrogen) atoms. The first-order valence-electron chi connectivity index (χ1n) is 6.79. The molecule has 0 atom stereocenters. The summed E-state index contributed by atoms with van der Waals surface area (Å²) in [6, 6.07) is 10.6. The average Bonchev–Trinajstić information content (AvgIpc) is 2.59. The summed E-state index contributed by atoms with van der Waals surface area (Å²) in [5, 5.41) is 0. The highest BCUT2D eigenvalue weighted by Gasteiger charge is 2.08. The Hall–Kier alpha value is -2.95. The average molecular weight is 314 g/mol. The van der Waals surface area contributed by atoms with Crippen LogP contribution in [0.15, 0.2) is 48.5 Å². The van der Waals surface area contributed by atoms with Gasteiger partial charge in [0.2, 0.25) is 0 Å². The lowest BCUT2D eigenvalue weighted by Gasteiger charge is -2.02. The van der Waals surface area contributed by atoms with Crippen LogP contribution in [0.4, 0.5) is 4.39 Å². The molecule has 5 heteroatoms. The number of methoxy groups -OCH3 is 2. The molecule has 0 N–H and O–H groups in total. The number of rotatable bonds is 5. The van der Waals surface area contributed by atoms with Gasteiger partial charge >= 0.3 is 5.97 Å². The molecule has 0 saturated heterocycles. The van der Waals surface area contributed by atoms with Gasteiger partial charge in [0, 0.05) is 5.56 Å². The highest BCUT2D eigenvalue weighted by Crippen LogP contribution is 2.18. The van der Waals surface area contributed by atoms with E-state index in [0.29, 0.717) is 5.56 Å². The van der Waals surface area contributed by atoms with Crippen molar-refractivity contribution in [1.29, 1.82) is 0 Å². The van der Waals surface area contributed by atoms with Crippen LogP contribution >= 0.6 is 0 Å². The second kappa shape index (κ2) is 7.35. The molecule has 0 fully saturated rings. The summed E-state index contributed by atoms with van der Waals surface area (Å²) in [6.45, 7) is 0. The highest BCUT2D eigenvalue weighted by molar-refractivity contribution is 6.06. The second-order valence-corrected chi connectivity index (χ2v) is 4.66. The van der Waals surface area contributed by atoms with Gasteiger partial charge in [0.15, 0.2) is 17.3 Å². The second-order valence-electron chi connectivity index (χ2n) is 4.66. The molecular weight excluding hydrogens is 299 g/mol. The fourth-order valence-electron chi connectivity index (χ4n) is 1.94. The molecule has 0 aliphatic rings. The molecule has 0 spiro atoms. The molecule has 2 aromatic rings. The molecule has 0 radical (unpaired) electrons. The summed E-state index contributed by atoms with van der Waals surface area (Å²) in [7, 11) is 2.67. The molecule has 0 amide bonds. The number of esters is 1. The third-order valence-electron chi connectivity index (χ3n) is 3.20. The third kappa shape index (κ3) is 4.03. The van der Waals surface area contributed by atoms with Gasteiger partial charge in [0.1, 0.15) is 0 Å². The van der Waals surface area contributed by atoms with E-state index in [9.17, 15) is 14.0 Å². The summed E-state index contributed by atoms with van der Waals surface area (Å²) in [6.07, 6.45) is 2.93. The molecule has 0 unspecified atom stereocenters. The number of allylic oxidation sites excluding steroid dienone is 1. The molecule has 0 aromatic heterocycles. The first kappa shape index (κ1) is 16.4. The van der Waals surface area contributed by atoms with E-state index in [0.717, 1.165) is 11.6 Å². The summed E-state index contributed by atoms with van der Waals surface area (Å²) >= 11 is 0. The van der Waals surface area contributed by atoms with Crippen LogP contribution < -0.4 is 4.74 Å². The maximum atomic E-state index is 13.6. The van der Waals surface area contributed by atoms with Crippen molar-refractivity contribution in [3.63, 3.8) is 0 Å². The first-order chi connectivity index (χ1) is 11.0. The van der Waals surface area contributed by atoms with Crippen molar-refractivity contribution >= 4 is 17.8 Å². The summed E-state index contributed by atoms with van der Waals surface area (Å²) in [5.41, 5.74) is 1.39. The predicted molar refractivity (Wildman–Crippen MR) is 84.1 cm³/mol. The lowest BCUT2D eigenvalue weighted by molar-refractivity contribution is 0.0600. The van der Waals surface area contributed by atoms with Crippen LogP contribution in [0.25, 0.3) is 6.08 Å². The molecular formula is C18H15FO4. The van der Waals surface area contributed by atoms with E-state index in [4.69, 9.17) is 4.74 Å². The maximum absolute atomic E-state index is 13.6. The third-order valence-corrected chi connectivity index (χ3v) is 3.20. The van der Waals surface area contributed by atoms with Gasteiger partial charge in [-0.1, -0.05) is 18.2 Å². The zero-order valence-electron chi connectivity index (χ0n) is 12.7. The van der Waals surface area contributed by atoms with Gasteiger partial charge in [0.25, 0.3) is 0 Å². The topological polar surface area (TPSA) is 52.6 Å². The van der Waals surface area contributed by atoms with Crippen molar-refractivity contribution in [2.75, 3.05) is 14.2 Å². The van der Waals surface area contributed by atoms with E-state index in [2.05, 4.69) is 4.74 Å². The molecule has 0 aliphatic heterocycles. The molecule has 2 rings (SSSR count). The van der Waals surface area contributed by atoms with E-state index in [1.165, 1.54) is 32.4 Å². The number of carbonyl (C=O) groups excluding carboxylic acids is 2. The van der Waals surface area contributed by atoms with Crippen molar-refractivity contribution in [3.8, 4) is 5.75 Å². The van der Waals surface area contributed by atoms with Crippen LogP contribution in [0.3, 0.4) is 0 Å². The van der Waals surface area contributed by atoms with Crippen molar-refractivity contribution in [1.82, 2.24) is 0 Å². The lowest BCUT2D eigenvalue weighted by Crippen LogP contribution is -2.00. The van der Waals surface area contributed by atoms with Gasteiger partial charge in [-0.05, 0) is 42.0 Å². The van der Waals surface area contributed by atoms with E-state index >= 15 is 0 Å². The Balaban J connectivity index is 2.11. The molecule has 0 saturated carbocycles. The number of ketones is 1. The Morgan fingerprint density at radius 2 is 1.65 bits per heavy atom. The molecule has 0 bridgehead atoms. The summed E-state index contributed by atoms with van der Waals surface area (Å²) < 4.78 is 23.0. The van der Waals surface area contributed by atoms with Crippen LogP contribution in [0.1, 0.15) is 26.3 Å². The van der Waals surface area contributed by atoms with Crippen LogP contribution in [-0.2, 0) is 4.74 Å². The van der Waals surface area contributed by atoms with Gasteiger partial charge in [-0.15, -0.1) is 0 Å². The molecule has 2 aromatic carbocycles. The van der Waals surface area contributed by atoms with Crippen molar-refractivity contribution < 1.29 is 23.5 Å². The Kier molecular flexibility index (Phi) is 5.25. The fourth-order valence-corrected chi connectivity index (χ4v) is 1.94. The van der Waals surface area contributed by atoms with Crippen molar-refractivity contribution in [2.24, 2.45) is 0 Å².